The summed E-state index contributed by atoms with van der Waals surface area (Å²) in [6, 6.07) is 3.48. The second-order valence-electron chi connectivity index (χ2n) is 2.44. The van der Waals surface area contributed by atoms with Gasteiger partial charge in [-0.15, -0.1) is 0 Å². The number of hydrogen-bond donors (Lipinski definition) is 2. The number of nitrogens with zero attached hydrogens (tertiary/aromatic N) is 1. The Hall–Kier alpha value is -1.13. The molecule has 0 bridgehead atoms. The second kappa shape index (κ2) is 4.04. The monoisotopic (exact) mass is 167 g/mol. The van der Waals surface area contributed by atoms with Crippen molar-refractivity contribution in [2.45, 2.75) is 6.04 Å². The molecule has 4 N–H and O–H groups in total. The third kappa shape index (κ3) is 1.72. The molecule has 0 aliphatic carbocycles. The van der Waals surface area contributed by atoms with Crippen LogP contribution < -0.4 is 16.2 Å². The van der Waals surface area contributed by atoms with Gasteiger partial charge in [-0.3, -0.25) is 0 Å². The first-order valence-electron chi connectivity index (χ1n) is 3.74. The fourth-order valence-corrected chi connectivity index (χ4v) is 0.983. The largest absolute Gasteiger partial charge is 0.481 e. The van der Waals surface area contributed by atoms with E-state index in [9.17, 15) is 0 Å². The van der Waals surface area contributed by atoms with E-state index in [2.05, 4.69) is 4.98 Å². The first-order chi connectivity index (χ1) is 5.79. The summed E-state index contributed by atoms with van der Waals surface area (Å²) in [5.74, 6) is 0.551. The van der Waals surface area contributed by atoms with Gasteiger partial charge in [0.25, 0.3) is 0 Å². The van der Waals surface area contributed by atoms with Crippen LogP contribution in [0.5, 0.6) is 5.88 Å². The van der Waals surface area contributed by atoms with Gasteiger partial charge in [-0.1, -0.05) is 6.07 Å². The van der Waals surface area contributed by atoms with Gasteiger partial charge in [0.15, 0.2) is 0 Å². The smallest absolute Gasteiger partial charge is 0.217 e. The van der Waals surface area contributed by atoms with Crippen molar-refractivity contribution in [2.75, 3.05) is 13.7 Å². The van der Waals surface area contributed by atoms with Crippen LogP contribution in [0.2, 0.25) is 0 Å². The number of nitrogens with two attached hydrogens (primary N) is 2. The normalized spacial score (nSPS) is 12.6. The van der Waals surface area contributed by atoms with Crippen molar-refractivity contribution in [1.82, 2.24) is 4.98 Å². The van der Waals surface area contributed by atoms with Crippen LogP contribution in [0.15, 0.2) is 18.3 Å². The van der Waals surface area contributed by atoms with E-state index in [1.807, 2.05) is 12.1 Å². The van der Waals surface area contributed by atoms with E-state index < -0.39 is 0 Å². The zero-order valence-corrected chi connectivity index (χ0v) is 7.03. The Balaban J connectivity index is 2.96. The van der Waals surface area contributed by atoms with Crippen LogP contribution in [0, 0.1) is 0 Å². The predicted molar refractivity (Wildman–Crippen MR) is 46.8 cm³/mol. The molecule has 0 spiro atoms. The summed E-state index contributed by atoms with van der Waals surface area (Å²) in [6.45, 7) is 0.391. The number of hydrogen-bond acceptors (Lipinski definition) is 4. The molecule has 0 amide bonds. The van der Waals surface area contributed by atoms with E-state index in [0.29, 0.717) is 12.4 Å². The number of pyridine rings is 1. The molecule has 1 heterocycles. The summed E-state index contributed by atoms with van der Waals surface area (Å²) in [7, 11) is 1.56. The van der Waals surface area contributed by atoms with E-state index in [1.165, 1.54) is 0 Å². The maximum atomic E-state index is 5.73. The van der Waals surface area contributed by atoms with Gasteiger partial charge >= 0.3 is 0 Å². The molecule has 0 aromatic carbocycles. The minimum atomic E-state index is -0.200. The molecule has 4 nitrogen and oxygen atoms in total. The zero-order chi connectivity index (χ0) is 8.97. The fourth-order valence-electron chi connectivity index (χ4n) is 0.983. The van der Waals surface area contributed by atoms with Gasteiger partial charge in [0, 0.05) is 24.3 Å². The minimum absolute atomic E-state index is 0.200. The van der Waals surface area contributed by atoms with Crippen molar-refractivity contribution in [3.8, 4) is 5.88 Å². The maximum Gasteiger partial charge on any atom is 0.217 e. The maximum absolute atomic E-state index is 5.73. The van der Waals surface area contributed by atoms with Crippen LogP contribution in [0.1, 0.15) is 11.6 Å². The molecule has 0 saturated heterocycles. The molecule has 1 aromatic rings. The lowest BCUT2D eigenvalue weighted by atomic mass is 10.1. The van der Waals surface area contributed by atoms with Crippen molar-refractivity contribution in [1.29, 1.82) is 0 Å². The Bertz CT molecular complexity index is 252. The van der Waals surface area contributed by atoms with E-state index in [-0.39, 0.29) is 6.04 Å². The van der Waals surface area contributed by atoms with Crippen LogP contribution in [0.3, 0.4) is 0 Å². The lowest BCUT2D eigenvalue weighted by molar-refractivity contribution is 0.389. The standard InChI is InChI=1S/C8H13N3O/c1-12-8-6(7(10)5-9)3-2-4-11-8/h2-4,7H,5,9-10H2,1H3/t7-/m1/s1. The number of ether oxygens (including phenoxy) is 1. The highest BCUT2D eigenvalue weighted by molar-refractivity contribution is 5.28. The van der Waals surface area contributed by atoms with Gasteiger partial charge in [-0.25, -0.2) is 4.98 Å². The van der Waals surface area contributed by atoms with Crippen molar-refractivity contribution in [2.24, 2.45) is 11.5 Å². The number of methoxy groups -OCH3 is 1. The Morgan fingerprint density at radius 3 is 3.00 bits per heavy atom. The lowest BCUT2D eigenvalue weighted by Crippen LogP contribution is -2.21. The SMILES string of the molecule is COc1ncccc1[C@H](N)CN. The molecule has 66 valence electrons. The van der Waals surface area contributed by atoms with Crippen LogP contribution in [0.25, 0.3) is 0 Å². The van der Waals surface area contributed by atoms with E-state index >= 15 is 0 Å². The Morgan fingerprint density at radius 2 is 2.42 bits per heavy atom. The van der Waals surface area contributed by atoms with Gasteiger partial charge in [0.05, 0.1) is 7.11 Å². The molecular formula is C8H13N3O. The van der Waals surface area contributed by atoms with E-state index in [4.69, 9.17) is 16.2 Å². The molecule has 1 atom stereocenters. The van der Waals surface area contributed by atoms with Crippen molar-refractivity contribution >= 4 is 0 Å². The molecule has 0 saturated carbocycles. The molecular weight excluding hydrogens is 154 g/mol. The predicted octanol–water partition coefficient (Wildman–Crippen LogP) is 0.0487. The number of aromatic nitrogens is 1. The fraction of sp³-hybridized carbons (Fsp3) is 0.375. The van der Waals surface area contributed by atoms with E-state index in [0.717, 1.165) is 5.56 Å². The van der Waals surface area contributed by atoms with Crippen molar-refractivity contribution in [3.05, 3.63) is 23.9 Å². The molecule has 4 heteroatoms. The number of rotatable bonds is 3. The van der Waals surface area contributed by atoms with Crippen molar-refractivity contribution in [3.63, 3.8) is 0 Å². The van der Waals surface area contributed by atoms with Crippen LogP contribution in [-0.4, -0.2) is 18.6 Å². The molecule has 1 rings (SSSR count). The van der Waals surface area contributed by atoms with Crippen LogP contribution >= 0.6 is 0 Å². The van der Waals surface area contributed by atoms with Crippen LogP contribution in [0.4, 0.5) is 0 Å². The Morgan fingerprint density at radius 1 is 1.67 bits per heavy atom. The average molecular weight is 167 g/mol. The molecule has 0 fully saturated rings. The van der Waals surface area contributed by atoms with Gasteiger partial charge in [-0.2, -0.15) is 0 Å². The highest BCUT2D eigenvalue weighted by Crippen LogP contribution is 2.18. The Kier molecular flexibility index (Phi) is 3.01. The highest BCUT2D eigenvalue weighted by Gasteiger charge is 2.09. The summed E-state index contributed by atoms with van der Waals surface area (Å²) in [6.07, 6.45) is 1.66. The average Bonchev–Trinajstić information content (AvgIpc) is 2.16. The van der Waals surface area contributed by atoms with Crippen molar-refractivity contribution < 1.29 is 4.74 Å². The molecule has 1 aromatic heterocycles. The summed E-state index contributed by atoms with van der Waals surface area (Å²) in [5, 5.41) is 0. The summed E-state index contributed by atoms with van der Waals surface area (Å²) in [4.78, 5) is 4.01. The highest BCUT2D eigenvalue weighted by atomic mass is 16.5. The molecule has 0 aliphatic rings. The molecule has 12 heavy (non-hydrogen) atoms. The molecule has 0 radical (unpaired) electrons. The summed E-state index contributed by atoms with van der Waals surface area (Å²) >= 11 is 0. The second-order valence-corrected chi connectivity index (χ2v) is 2.44. The van der Waals surface area contributed by atoms with Gasteiger partial charge < -0.3 is 16.2 Å². The van der Waals surface area contributed by atoms with Gasteiger partial charge in [0.1, 0.15) is 0 Å². The first kappa shape index (κ1) is 8.96. The van der Waals surface area contributed by atoms with Gasteiger partial charge in [0.2, 0.25) is 5.88 Å². The third-order valence-electron chi connectivity index (χ3n) is 1.65. The quantitative estimate of drug-likeness (QED) is 0.667. The topological polar surface area (TPSA) is 74.2 Å². The lowest BCUT2D eigenvalue weighted by Gasteiger charge is -2.11. The minimum Gasteiger partial charge on any atom is -0.481 e. The zero-order valence-electron chi connectivity index (χ0n) is 7.03. The molecule has 0 unspecified atom stereocenters. The summed E-state index contributed by atoms with van der Waals surface area (Å²) < 4.78 is 5.02. The van der Waals surface area contributed by atoms with E-state index in [1.54, 1.807) is 13.3 Å². The summed E-state index contributed by atoms with van der Waals surface area (Å²) in [5.41, 5.74) is 12.0. The third-order valence-corrected chi connectivity index (χ3v) is 1.65. The molecule has 0 aliphatic heterocycles. The Labute approximate surface area is 71.5 Å². The van der Waals surface area contributed by atoms with Gasteiger partial charge in [-0.05, 0) is 6.07 Å². The first-order valence-corrected chi connectivity index (χ1v) is 3.74. The van der Waals surface area contributed by atoms with Crippen LogP contribution in [-0.2, 0) is 0 Å².